The third kappa shape index (κ3) is 10.4. The first kappa shape index (κ1) is 29.1. The van der Waals surface area contributed by atoms with E-state index in [1.54, 1.807) is 0 Å². The Morgan fingerprint density at radius 2 is 1.77 bits per heavy atom. The topological polar surface area (TPSA) is 94.0 Å². The summed E-state index contributed by atoms with van der Waals surface area (Å²) in [6.45, 7) is 12.7. The summed E-state index contributed by atoms with van der Waals surface area (Å²) in [4.78, 5) is 4.46. The van der Waals surface area contributed by atoms with Gasteiger partial charge in [0.1, 0.15) is 0 Å². The second-order valence-corrected chi connectivity index (χ2v) is 10.1. The molecule has 9 heteroatoms. The molecule has 0 aromatic heterocycles. The monoisotopic (exact) mass is 554 g/mol. The average molecular weight is 555 g/mol. The summed E-state index contributed by atoms with van der Waals surface area (Å²) in [5, 5.41) is 16.8. The van der Waals surface area contributed by atoms with Crippen molar-refractivity contribution < 1.29 is 13.5 Å². The van der Waals surface area contributed by atoms with Gasteiger partial charge in [-0.15, -0.1) is 24.0 Å². The van der Waals surface area contributed by atoms with Gasteiger partial charge in [0, 0.05) is 26.2 Å². The van der Waals surface area contributed by atoms with Crippen LogP contribution in [0, 0.1) is 0 Å². The summed E-state index contributed by atoms with van der Waals surface area (Å²) >= 11 is 0. The predicted octanol–water partition coefficient (Wildman–Crippen LogP) is 2.86. The van der Waals surface area contributed by atoms with Crippen molar-refractivity contribution in [2.75, 3.05) is 39.0 Å². The minimum absolute atomic E-state index is 0. The molecule has 1 rings (SSSR count). The number of halogens is 1. The highest BCUT2D eigenvalue weighted by molar-refractivity contribution is 14.0. The highest BCUT2D eigenvalue weighted by Crippen LogP contribution is 2.24. The van der Waals surface area contributed by atoms with Crippen molar-refractivity contribution in [1.82, 2.24) is 14.9 Å². The van der Waals surface area contributed by atoms with Crippen LogP contribution in [0.2, 0.25) is 0 Å². The van der Waals surface area contributed by atoms with Crippen LogP contribution in [0.5, 0.6) is 0 Å². The first-order valence-corrected chi connectivity index (χ1v) is 12.1. The van der Waals surface area contributed by atoms with E-state index in [-0.39, 0.29) is 35.9 Å². The molecule has 1 unspecified atom stereocenters. The van der Waals surface area contributed by atoms with Gasteiger partial charge in [0.05, 0.1) is 18.9 Å². The molecule has 0 bridgehead atoms. The van der Waals surface area contributed by atoms with Gasteiger partial charge in [0.25, 0.3) is 0 Å². The van der Waals surface area contributed by atoms with Gasteiger partial charge in [0.15, 0.2) is 5.96 Å². The fourth-order valence-corrected chi connectivity index (χ4v) is 3.78. The van der Waals surface area contributed by atoms with Gasteiger partial charge in [-0.1, -0.05) is 52.0 Å². The number of hydrogen-bond donors (Lipinski definition) is 3. The molecule has 0 spiro atoms. The minimum Gasteiger partial charge on any atom is -0.386 e. The van der Waals surface area contributed by atoms with E-state index in [2.05, 4.69) is 36.4 Å². The van der Waals surface area contributed by atoms with Crippen LogP contribution in [0.15, 0.2) is 29.3 Å². The lowest BCUT2D eigenvalue weighted by molar-refractivity contribution is 0.187. The zero-order chi connectivity index (χ0) is 22.1. The molecule has 0 saturated heterocycles. The van der Waals surface area contributed by atoms with E-state index in [0.717, 1.165) is 5.56 Å². The smallest absolute Gasteiger partial charge is 0.211 e. The Labute approximate surface area is 199 Å². The zero-order valence-corrected chi connectivity index (χ0v) is 22.3. The molecule has 0 aliphatic rings. The molecule has 30 heavy (non-hydrogen) atoms. The van der Waals surface area contributed by atoms with E-state index in [1.807, 2.05) is 38.1 Å². The van der Waals surface area contributed by atoms with Crippen LogP contribution in [-0.4, -0.2) is 62.8 Å². The Bertz CT molecular complexity index is 747. The zero-order valence-electron chi connectivity index (χ0n) is 19.1. The molecule has 0 amide bonds. The third-order valence-corrected chi connectivity index (χ3v) is 6.01. The molecule has 1 aromatic carbocycles. The number of sulfonamides is 1. The van der Waals surface area contributed by atoms with Crippen LogP contribution in [-0.2, 0) is 15.4 Å². The molecule has 0 saturated carbocycles. The Balaban J connectivity index is 0.00000841. The number of guanidine groups is 1. The summed E-state index contributed by atoms with van der Waals surface area (Å²) < 4.78 is 24.7. The van der Waals surface area contributed by atoms with Crippen molar-refractivity contribution in [2.24, 2.45) is 4.99 Å². The predicted molar refractivity (Wildman–Crippen MR) is 136 cm³/mol. The van der Waals surface area contributed by atoms with E-state index in [0.29, 0.717) is 38.6 Å². The first-order chi connectivity index (χ1) is 13.5. The number of nitrogens with zero attached hydrogens (tertiary/aromatic N) is 2. The van der Waals surface area contributed by atoms with Gasteiger partial charge in [-0.05, 0) is 29.9 Å². The second kappa shape index (κ2) is 13.5. The van der Waals surface area contributed by atoms with Crippen molar-refractivity contribution in [3.63, 3.8) is 0 Å². The summed E-state index contributed by atoms with van der Waals surface area (Å²) in [5.74, 6) is 0.611. The van der Waals surface area contributed by atoms with Gasteiger partial charge >= 0.3 is 0 Å². The van der Waals surface area contributed by atoms with Crippen molar-refractivity contribution in [1.29, 1.82) is 0 Å². The van der Waals surface area contributed by atoms with Crippen LogP contribution in [0.4, 0.5) is 0 Å². The van der Waals surface area contributed by atoms with E-state index in [1.165, 1.54) is 16.1 Å². The molecule has 0 heterocycles. The normalized spacial score (nSPS) is 13.7. The second-order valence-electron chi connectivity index (χ2n) is 8.14. The Morgan fingerprint density at radius 3 is 2.23 bits per heavy atom. The molecule has 1 aromatic rings. The summed E-state index contributed by atoms with van der Waals surface area (Å²) in [5.41, 5.74) is 2.14. The van der Waals surface area contributed by atoms with Crippen molar-refractivity contribution in [3.05, 3.63) is 35.4 Å². The number of aliphatic imine (C=N–C) groups is 1. The maximum absolute atomic E-state index is 11.6. The highest BCUT2D eigenvalue weighted by Gasteiger charge is 2.15. The molecule has 1 atom stereocenters. The van der Waals surface area contributed by atoms with E-state index < -0.39 is 16.1 Å². The summed E-state index contributed by atoms with van der Waals surface area (Å²) in [6, 6.07) is 8.00. The maximum atomic E-state index is 11.6. The van der Waals surface area contributed by atoms with E-state index in [4.69, 9.17) is 0 Å². The van der Waals surface area contributed by atoms with Crippen LogP contribution >= 0.6 is 24.0 Å². The number of aliphatic hydroxyl groups is 1. The Morgan fingerprint density at radius 1 is 1.17 bits per heavy atom. The van der Waals surface area contributed by atoms with Gasteiger partial charge < -0.3 is 15.7 Å². The lowest BCUT2D eigenvalue weighted by Gasteiger charge is -2.20. The molecular formula is C21H39IN4O3S. The largest absolute Gasteiger partial charge is 0.386 e. The lowest BCUT2D eigenvalue weighted by atomic mass is 9.86. The average Bonchev–Trinajstić information content (AvgIpc) is 2.64. The van der Waals surface area contributed by atoms with Crippen molar-refractivity contribution in [2.45, 2.75) is 52.6 Å². The molecule has 0 fully saturated rings. The third-order valence-electron chi connectivity index (χ3n) is 4.63. The van der Waals surface area contributed by atoms with Gasteiger partial charge in [0.2, 0.25) is 10.0 Å². The minimum atomic E-state index is -3.16. The Hall–Kier alpha value is -0.910. The molecule has 0 radical (unpaired) electrons. The van der Waals surface area contributed by atoms with Crippen molar-refractivity contribution >= 4 is 40.0 Å². The van der Waals surface area contributed by atoms with Crippen LogP contribution < -0.4 is 10.6 Å². The number of hydrogen-bond acceptors (Lipinski definition) is 4. The van der Waals surface area contributed by atoms with E-state index in [9.17, 15) is 13.5 Å². The maximum Gasteiger partial charge on any atom is 0.211 e. The number of nitrogens with one attached hydrogen (secondary N) is 2. The molecular weight excluding hydrogens is 515 g/mol. The quantitative estimate of drug-likeness (QED) is 0.179. The lowest BCUT2D eigenvalue weighted by Crippen LogP contribution is -2.39. The fourth-order valence-electron chi connectivity index (χ4n) is 2.85. The molecule has 0 aliphatic carbocycles. The molecule has 7 nitrogen and oxygen atoms in total. The van der Waals surface area contributed by atoms with Crippen LogP contribution in [0.25, 0.3) is 0 Å². The van der Waals surface area contributed by atoms with E-state index >= 15 is 0 Å². The SMILES string of the molecule is CCNC(=NCC(O)c1ccc(C(C)(C)C)cc1)NCCCN(CC)S(C)(=O)=O.I. The summed E-state index contributed by atoms with van der Waals surface area (Å²) in [6.07, 6.45) is 1.22. The van der Waals surface area contributed by atoms with Crippen LogP contribution in [0.3, 0.4) is 0 Å². The molecule has 3 N–H and O–H groups in total. The number of benzene rings is 1. The van der Waals surface area contributed by atoms with Gasteiger partial charge in [-0.3, -0.25) is 4.99 Å². The van der Waals surface area contributed by atoms with Gasteiger partial charge in [-0.25, -0.2) is 12.7 Å². The number of rotatable bonds is 10. The number of aliphatic hydroxyl groups excluding tert-OH is 1. The highest BCUT2D eigenvalue weighted by atomic mass is 127. The fraction of sp³-hybridized carbons (Fsp3) is 0.667. The standard InChI is InChI=1S/C21H38N4O3S.HI/c1-7-22-20(23-14-9-15-25(8-2)29(6,27)28)24-16-19(26)17-10-12-18(13-11-17)21(3,4)5;/h10-13,19,26H,7-9,14-16H2,1-6H3,(H2,22,23,24);1H. The molecule has 0 aliphatic heterocycles. The Kier molecular flexibility index (Phi) is 13.1. The summed E-state index contributed by atoms with van der Waals surface area (Å²) in [7, 11) is -3.16. The first-order valence-electron chi connectivity index (χ1n) is 10.2. The van der Waals surface area contributed by atoms with Crippen molar-refractivity contribution in [3.8, 4) is 0 Å². The molecule has 174 valence electrons. The van der Waals surface area contributed by atoms with Crippen LogP contribution in [0.1, 0.15) is 58.3 Å². The van der Waals surface area contributed by atoms with Gasteiger partial charge in [-0.2, -0.15) is 0 Å².